The van der Waals surface area contributed by atoms with Crippen LogP contribution in [0.1, 0.15) is 12.8 Å². The number of pyridine rings is 1. The number of amides is 1. The number of rotatable bonds is 5. The average molecular weight is 279 g/mol. The van der Waals surface area contributed by atoms with Gasteiger partial charge in [0.2, 0.25) is 5.91 Å². The number of nitrogens with zero attached hydrogens (tertiary/aromatic N) is 1. The predicted octanol–water partition coefficient (Wildman–Crippen LogP) is 0.433. The Morgan fingerprint density at radius 1 is 1.55 bits per heavy atom. The number of piperidine rings is 1. The highest BCUT2D eigenvalue weighted by atomic mass is 16.5. The molecule has 0 aliphatic carbocycles. The van der Waals surface area contributed by atoms with E-state index in [-0.39, 0.29) is 17.4 Å². The van der Waals surface area contributed by atoms with Gasteiger partial charge in [0.05, 0.1) is 18.2 Å². The molecule has 6 nitrogen and oxygen atoms in total. The summed E-state index contributed by atoms with van der Waals surface area (Å²) in [6.45, 7) is 2.63. The Hall–Kier alpha value is -1.66. The van der Waals surface area contributed by atoms with Crippen LogP contribution in [0.2, 0.25) is 0 Å². The standard InChI is InChI=1S/C14H21N3O3/c1-20-8-7-17-10-12(4-5-13(17)18)16-14(19)11-3-2-6-15-9-11/h4-5,10-11,15H,2-3,6-9H2,1H3,(H,16,19)/t11-/m0/s1. The molecule has 1 amide bonds. The minimum absolute atomic E-state index is 0.00287. The van der Waals surface area contributed by atoms with Gasteiger partial charge in [0.1, 0.15) is 0 Å². The van der Waals surface area contributed by atoms with Crippen LogP contribution < -0.4 is 16.2 Å². The summed E-state index contributed by atoms with van der Waals surface area (Å²) in [6, 6.07) is 3.10. The molecule has 1 aliphatic heterocycles. The van der Waals surface area contributed by atoms with E-state index in [1.54, 1.807) is 19.4 Å². The molecule has 110 valence electrons. The molecule has 2 N–H and O–H groups in total. The Bertz CT molecular complexity index is 507. The van der Waals surface area contributed by atoms with Crippen molar-refractivity contribution in [3.05, 3.63) is 28.7 Å². The summed E-state index contributed by atoms with van der Waals surface area (Å²) >= 11 is 0. The molecule has 1 aliphatic rings. The molecule has 6 heteroatoms. The molecule has 0 unspecified atom stereocenters. The minimum atomic E-state index is -0.0978. The Morgan fingerprint density at radius 3 is 3.10 bits per heavy atom. The van der Waals surface area contributed by atoms with Crippen molar-refractivity contribution in [1.82, 2.24) is 9.88 Å². The Morgan fingerprint density at radius 2 is 2.40 bits per heavy atom. The largest absolute Gasteiger partial charge is 0.383 e. The molecule has 1 aromatic rings. The lowest BCUT2D eigenvalue weighted by atomic mass is 9.99. The van der Waals surface area contributed by atoms with Gasteiger partial charge < -0.3 is 19.9 Å². The fourth-order valence-corrected chi connectivity index (χ4v) is 2.29. The van der Waals surface area contributed by atoms with Gasteiger partial charge in [0.25, 0.3) is 5.56 Å². The van der Waals surface area contributed by atoms with Crippen molar-refractivity contribution in [2.45, 2.75) is 19.4 Å². The molecule has 0 spiro atoms. The van der Waals surface area contributed by atoms with Gasteiger partial charge in [-0.15, -0.1) is 0 Å². The van der Waals surface area contributed by atoms with E-state index < -0.39 is 0 Å². The first-order valence-corrected chi connectivity index (χ1v) is 6.91. The molecule has 1 fully saturated rings. The Labute approximate surface area is 118 Å². The van der Waals surface area contributed by atoms with Crippen LogP contribution >= 0.6 is 0 Å². The first kappa shape index (κ1) is 14.7. The lowest BCUT2D eigenvalue weighted by molar-refractivity contribution is -0.120. The zero-order valence-corrected chi connectivity index (χ0v) is 11.7. The van der Waals surface area contributed by atoms with Crippen LogP contribution in [-0.4, -0.2) is 37.3 Å². The van der Waals surface area contributed by atoms with Gasteiger partial charge in [-0.3, -0.25) is 9.59 Å². The highest BCUT2D eigenvalue weighted by molar-refractivity contribution is 5.92. The van der Waals surface area contributed by atoms with Gasteiger partial charge in [0.15, 0.2) is 0 Å². The van der Waals surface area contributed by atoms with Crippen LogP contribution in [-0.2, 0) is 16.1 Å². The Balaban J connectivity index is 2.01. The maximum absolute atomic E-state index is 12.1. The molecule has 2 heterocycles. The summed E-state index contributed by atoms with van der Waals surface area (Å²) in [7, 11) is 1.59. The molecular weight excluding hydrogens is 258 g/mol. The SMILES string of the molecule is COCCn1cc(NC(=O)[C@H]2CCCNC2)ccc1=O. The summed E-state index contributed by atoms with van der Waals surface area (Å²) in [6.07, 6.45) is 3.59. The zero-order valence-electron chi connectivity index (χ0n) is 11.7. The fourth-order valence-electron chi connectivity index (χ4n) is 2.29. The third-order valence-corrected chi connectivity index (χ3v) is 3.45. The van der Waals surface area contributed by atoms with Gasteiger partial charge in [0, 0.05) is 32.5 Å². The second kappa shape index (κ2) is 7.21. The number of hydrogen-bond acceptors (Lipinski definition) is 4. The first-order valence-electron chi connectivity index (χ1n) is 6.91. The van der Waals surface area contributed by atoms with Crippen LogP contribution in [0.25, 0.3) is 0 Å². The van der Waals surface area contributed by atoms with Crippen molar-refractivity contribution in [2.24, 2.45) is 5.92 Å². The van der Waals surface area contributed by atoms with E-state index in [2.05, 4.69) is 10.6 Å². The van der Waals surface area contributed by atoms with Crippen LogP contribution in [0.3, 0.4) is 0 Å². The second-order valence-corrected chi connectivity index (χ2v) is 4.97. The summed E-state index contributed by atoms with van der Waals surface area (Å²) in [5.41, 5.74) is 0.552. The van der Waals surface area contributed by atoms with Crippen molar-refractivity contribution in [3.63, 3.8) is 0 Å². The van der Waals surface area contributed by atoms with Crippen molar-refractivity contribution < 1.29 is 9.53 Å². The van der Waals surface area contributed by atoms with E-state index in [0.29, 0.717) is 18.8 Å². The average Bonchev–Trinajstić information content (AvgIpc) is 2.48. The highest BCUT2D eigenvalue weighted by Gasteiger charge is 2.20. The highest BCUT2D eigenvalue weighted by Crippen LogP contribution is 2.13. The third-order valence-electron chi connectivity index (χ3n) is 3.45. The number of carbonyl (C=O) groups is 1. The van der Waals surface area contributed by atoms with Gasteiger partial charge >= 0.3 is 0 Å². The summed E-state index contributed by atoms with van der Waals surface area (Å²) in [4.78, 5) is 23.8. The van der Waals surface area contributed by atoms with Gasteiger partial charge in [-0.2, -0.15) is 0 Å². The number of anilines is 1. The summed E-state index contributed by atoms with van der Waals surface area (Å²) < 4.78 is 6.50. The normalized spacial score (nSPS) is 18.8. The smallest absolute Gasteiger partial charge is 0.250 e. The number of nitrogens with one attached hydrogen (secondary N) is 2. The number of hydrogen-bond donors (Lipinski definition) is 2. The summed E-state index contributed by atoms with van der Waals surface area (Å²) in [5.74, 6) is 0.0113. The van der Waals surface area contributed by atoms with Crippen LogP contribution in [0.15, 0.2) is 23.1 Å². The van der Waals surface area contributed by atoms with Gasteiger partial charge in [-0.25, -0.2) is 0 Å². The van der Waals surface area contributed by atoms with Crippen molar-refractivity contribution in [2.75, 3.05) is 32.1 Å². The van der Waals surface area contributed by atoms with Crippen molar-refractivity contribution in [1.29, 1.82) is 0 Å². The molecule has 20 heavy (non-hydrogen) atoms. The van der Waals surface area contributed by atoms with Crippen molar-refractivity contribution in [3.8, 4) is 0 Å². The molecule has 0 bridgehead atoms. The predicted molar refractivity (Wildman–Crippen MR) is 76.8 cm³/mol. The van der Waals surface area contributed by atoms with Gasteiger partial charge in [-0.1, -0.05) is 0 Å². The number of methoxy groups -OCH3 is 1. The van der Waals surface area contributed by atoms with Crippen LogP contribution in [0.4, 0.5) is 5.69 Å². The number of aromatic nitrogens is 1. The van der Waals surface area contributed by atoms with E-state index >= 15 is 0 Å². The minimum Gasteiger partial charge on any atom is -0.383 e. The number of ether oxygens (including phenoxy) is 1. The lowest BCUT2D eigenvalue weighted by Gasteiger charge is -2.22. The molecule has 0 aromatic carbocycles. The maximum Gasteiger partial charge on any atom is 0.250 e. The van der Waals surface area contributed by atoms with Crippen molar-refractivity contribution >= 4 is 11.6 Å². The van der Waals surface area contributed by atoms with Gasteiger partial charge in [-0.05, 0) is 25.5 Å². The van der Waals surface area contributed by atoms with E-state index in [9.17, 15) is 9.59 Å². The van der Waals surface area contributed by atoms with E-state index in [1.165, 1.54) is 10.6 Å². The topological polar surface area (TPSA) is 72.4 Å². The molecule has 0 radical (unpaired) electrons. The van der Waals surface area contributed by atoms with Crippen LogP contribution in [0, 0.1) is 5.92 Å². The lowest BCUT2D eigenvalue weighted by Crippen LogP contribution is -2.37. The molecule has 0 saturated carbocycles. The van der Waals surface area contributed by atoms with E-state index in [1.807, 2.05) is 0 Å². The fraction of sp³-hybridized carbons (Fsp3) is 0.571. The van der Waals surface area contributed by atoms with E-state index in [4.69, 9.17) is 4.74 Å². The summed E-state index contributed by atoms with van der Waals surface area (Å²) in [5, 5.41) is 6.09. The monoisotopic (exact) mass is 279 g/mol. The second-order valence-electron chi connectivity index (χ2n) is 4.97. The number of carbonyl (C=O) groups excluding carboxylic acids is 1. The molecule has 1 saturated heterocycles. The molecule has 1 atom stereocenters. The quantitative estimate of drug-likeness (QED) is 0.820. The molecule has 1 aromatic heterocycles. The molecule has 2 rings (SSSR count). The Kier molecular flexibility index (Phi) is 5.31. The third kappa shape index (κ3) is 3.91. The van der Waals surface area contributed by atoms with E-state index in [0.717, 1.165) is 25.9 Å². The molecular formula is C14H21N3O3. The maximum atomic E-state index is 12.1. The van der Waals surface area contributed by atoms with Crippen LogP contribution in [0.5, 0.6) is 0 Å². The first-order chi connectivity index (χ1) is 9.70. The zero-order chi connectivity index (χ0) is 14.4.